The molecule has 0 aromatic heterocycles. The number of alkyl halides is 2. The van der Waals surface area contributed by atoms with E-state index in [4.69, 9.17) is 5.73 Å². The molecule has 0 spiro atoms. The molecule has 84 valence electrons. The van der Waals surface area contributed by atoms with E-state index in [2.05, 4.69) is 10.6 Å². The zero-order chi connectivity index (χ0) is 11.2. The van der Waals surface area contributed by atoms with Crippen LogP contribution >= 0.6 is 0 Å². The zero-order valence-corrected chi connectivity index (χ0v) is 8.44. The van der Waals surface area contributed by atoms with Crippen molar-refractivity contribution in [3.8, 4) is 0 Å². The van der Waals surface area contributed by atoms with Crippen molar-refractivity contribution in [2.45, 2.75) is 32.2 Å². The Morgan fingerprint density at radius 1 is 1.57 bits per heavy atom. The lowest BCUT2D eigenvalue weighted by molar-refractivity contribution is 0.0427. The molecule has 0 aliphatic heterocycles. The summed E-state index contributed by atoms with van der Waals surface area (Å²) in [5, 5.41) is 4.60. The molecule has 4 N–H and O–H groups in total. The first-order valence-electron chi connectivity index (χ1n) is 4.50. The summed E-state index contributed by atoms with van der Waals surface area (Å²) in [6, 6.07) is -0.594. The van der Waals surface area contributed by atoms with E-state index in [1.54, 1.807) is 6.92 Å². The van der Waals surface area contributed by atoms with Crippen LogP contribution in [0.5, 0.6) is 0 Å². The standard InChI is InChI=1S/C8H17F2N3O/c1-3-12-7(14)13-8(2,4-5-11)6(9)10/h6H,3-5,11H2,1-2H3,(H2,12,13,14). The Kier molecular flexibility index (Phi) is 5.37. The number of halogens is 2. The highest BCUT2D eigenvalue weighted by Crippen LogP contribution is 2.18. The average Bonchev–Trinajstić information content (AvgIpc) is 2.04. The highest BCUT2D eigenvalue weighted by atomic mass is 19.3. The molecular weight excluding hydrogens is 192 g/mol. The number of hydrogen-bond acceptors (Lipinski definition) is 2. The van der Waals surface area contributed by atoms with Crippen molar-refractivity contribution < 1.29 is 13.6 Å². The van der Waals surface area contributed by atoms with Crippen molar-refractivity contribution in [3.63, 3.8) is 0 Å². The molecule has 1 unspecified atom stereocenters. The Balaban J connectivity index is 4.28. The molecule has 0 saturated carbocycles. The van der Waals surface area contributed by atoms with Gasteiger partial charge in [-0.3, -0.25) is 0 Å². The third-order valence-corrected chi connectivity index (χ3v) is 1.88. The van der Waals surface area contributed by atoms with E-state index in [1.165, 1.54) is 6.92 Å². The SMILES string of the molecule is CCNC(=O)NC(C)(CCN)C(F)F. The van der Waals surface area contributed by atoms with Crippen LogP contribution in [0.1, 0.15) is 20.3 Å². The highest BCUT2D eigenvalue weighted by molar-refractivity contribution is 5.74. The summed E-state index contributed by atoms with van der Waals surface area (Å²) in [7, 11) is 0. The maximum absolute atomic E-state index is 12.6. The monoisotopic (exact) mass is 209 g/mol. The van der Waals surface area contributed by atoms with Gasteiger partial charge in [-0.15, -0.1) is 0 Å². The van der Waals surface area contributed by atoms with Crippen LogP contribution in [0.3, 0.4) is 0 Å². The smallest absolute Gasteiger partial charge is 0.315 e. The minimum atomic E-state index is -2.63. The van der Waals surface area contributed by atoms with E-state index < -0.39 is 18.0 Å². The minimum Gasteiger partial charge on any atom is -0.338 e. The number of amides is 2. The summed E-state index contributed by atoms with van der Waals surface area (Å²) in [5.41, 5.74) is 3.65. The quantitative estimate of drug-likeness (QED) is 0.623. The Morgan fingerprint density at radius 3 is 2.50 bits per heavy atom. The fraction of sp³-hybridized carbons (Fsp3) is 0.875. The van der Waals surface area contributed by atoms with Crippen LogP contribution < -0.4 is 16.4 Å². The summed E-state index contributed by atoms with van der Waals surface area (Å²) < 4.78 is 25.1. The number of carbonyl (C=O) groups is 1. The maximum Gasteiger partial charge on any atom is 0.315 e. The van der Waals surface area contributed by atoms with Gasteiger partial charge in [0.25, 0.3) is 6.43 Å². The lowest BCUT2D eigenvalue weighted by Gasteiger charge is -2.29. The second-order valence-corrected chi connectivity index (χ2v) is 3.24. The number of nitrogens with two attached hydrogens (primary N) is 1. The van der Waals surface area contributed by atoms with Crippen molar-refractivity contribution in [1.82, 2.24) is 10.6 Å². The van der Waals surface area contributed by atoms with Crippen molar-refractivity contribution in [2.75, 3.05) is 13.1 Å². The van der Waals surface area contributed by atoms with Gasteiger partial charge >= 0.3 is 6.03 Å². The first kappa shape index (κ1) is 13.1. The van der Waals surface area contributed by atoms with Gasteiger partial charge in [-0.1, -0.05) is 0 Å². The largest absolute Gasteiger partial charge is 0.338 e. The van der Waals surface area contributed by atoms with E-state index >= 15 is 0 Å². The molecule has 0 fully saturated rings. The average molecular weight is 209 g/mol. The predicted octanol–water partition coefficient (Wildman–Crippen LogP) is 0.678. The highest BCUT2D eigenvalue weighted by Gasteiger charge is 2.35. The summed E-state index contributed by atoms with van der Waals surface area (Å²) in [4.78, 5) is 11.0. The van der Waals surface area contributed by atoms with Crippen LogP contribution in [0.15, 0.2) is 0 Å². The summed E-state index contributed by atoms with van der Waals surface area (Å²) in [5.74, 6) is 0. The first-order valence-corrected chi connectivity index (χ1v) is 4.50. The fourth-order valence-corrected chi connectivity index (χ4v) is 0.990. The van der Waals surface area contributed by atoms with Crippen LogP contribution in [0.4, 0.5) is 13.6 Å². The van der Waals surface area contributed by atoms with Crippen molar-refractivity contribution >= 4 is 6.03 Å². The Bertz CT molecular complexity index is 189. The van der Waals surface area contributed by atoms with Gasteiger partial charge in [-0.2, -0.15) is 0 Å². The molecule has 14 heavy (non-hydrogen) atoms. The molecule has 4 nitrogen and oxygen atoms in total. The molecule has 1 atom stereocenters. The van der Waals surface area contributed by atoms with Gasteiger partial charge in [-0.05, 0) is 26.8 Å². The van der Waals surface area contributed by atoms with Gasteiger partial charge in [0, 0.05) is 6.54 Å². The Hall–Kier alpha value is -0.910. The minimum absolute atomic E-state index is 0.0435. The number of nitrogens with one attached hydrogen (secondary N) is 2. The van der Waals surface area contributed by atoms with E-state index in [0.717, 1.165) is 0 Å². The van der Waals surface area contributed by atoms with Gasteiger partial charge < -0.3 is 16.4 Å². The van der Waals surface area contributed by atoms with Gasteiger partial charge in [0.05, 0.1) is 0 Å². The van der Waals surface area contributed by atoms with Crippen LogP contribution in [0, 0.1) is 0 Å². The number of rotatable bonds is 5. The summed E-state index contributed by atoms with van der Waals surface area (Å²) in [6.45, 7) is 3.49. The number of hydrogen-bond donors (Lipinski definition) is 3. The third kappa shape index (κ3) is 3.87. The lowest BCUT2D eigenvalue weighted by Crippen LogP contribution is -2.55. The van der Waals surface area contributed by atoms with Gasteiger partial charge in [0.15, 0.2) is 0 Å². The van der Waals surface area contributed by atoms with Crippen LogP contribution in [0.25, 0.3) is 0 Å². The van der Waals surface area contributed by atoms with E-state index in [-0.39, 0.29) is 13.0 Å². The van der Waals surface area contributed by atoms with E-state index in [1.807, 2.05) is 0 Å². The molecule has 0 bridgehead atoms. The van der Waals surface area contributed by atoms with Gasteiger partial charge in [-0.25, -0.2) is 13.6 Å². The Morgan fingerprint density at radius 2 is 2.14 bits per heavy atom. The van der Waals surface area contributed by atoms with E-state index in [9.17, 15) is 13.6 Å². The van der Waals surface area contributed by atoms with Crippen molar-refractivity contribution in [2.24, 2.45) is 5.73 Å². The van der Waals surface area contributed by atoms with Crippen molar-refractivity contribution in [1.29, 1.82) is 0 Å². The molecule has 0 aliphatic rings. The number of urea groups is 1. The molecule has 0 heterocycles. The zero-order valence-electron chi connectivity index (χ0n) is 8.44. The molecule has 6 heteroatoms. The molecule has 0 rings (SSSR count). The molecule has 0 aliphatic carbocycles. The lowest BCUT2D eigenvalue weighted by atomic mass is 9.99. The molecule has 2 amide bonds. The first-order chi connectivity index (χ1) is 6.46. The second-order valence-electron chi connectivity index (χ2n) is 3.24. The molecule has 0 saturated heterocycles. The van der Waals surface area contributed by atoms with Crippen LogP contribution in [0.2, 0.25) is 0 Å². The molecule has 0 aromatic carbocycles. The number of carbonyl (C=O) groups excluding carboxylic acids is 1. The third-order valence-electron chi connectivity index (χ3n) is 1.88. The van der Waals surface area contributed by atoms with E-state index in [0.29, 0.717) is 6.54 Å². The maximum atomic E-state index is 12.6. The topological polar surface area (TPSA) is 67.2 Å². The molecule has 0 aromatic rings. The summed E-state index contributed by atoms with van der Waals surface area (Å²) in [6.07, 6.45) is -2.59. The van der Waals surface area contributed by atoms with Crippen molar-refractivity contribution in [3.05, 3.63) is 0 Å². The fourth-order valence-electron chi connectivity index (χ4n) is 0.990. The van der Waals surface area contributed by atoms with Gasteiger partial charge in [0.1, 0.15) is 5.54 Å². The second kappa shape index (κ2) is 5.74. The predicted molar refractivity (Wildman–Crippen MR) is 50.3 cm³/mol. The Labute approximate surface area is 82.2 Å². The van der Waals surface area contributed by atoms with Crippen LogP contribution in [-0.4, -0.2) is 31.1 Å². The van der Waals surface area contributed by atoms with Crippen LogP contribution in [-0.2, 0) is 0 Å². The molecular formula is C8H17F2N3O. The van der Waals surface area contributed by atoms with Gasteiger partial charge in [0.2, 0.25) is 0 Å². The molecule has 0 radical (unpaired) electrons. The summed E-state index contributed by atoms with van der Waals surface area (Å²) >= 11 is 0. The normalized spacial score (nSPS) is 15.0.